The number of nitrogens with zero attached hydrogens (tertiary/aromatic N) is 2. The van der Waals surface area contributed by atoms with E-state index < -0.39 is 23.7 Å². The van der Waals surface area contributed by atoms with Crippen LogP contribution in [-0.2, 0) is 16.1 Å². The molecule has 0 radical (unpaired) electrons. The number of hydrogen-bond acceptors (Lipinski definition) is 5. The number of carbonyl (C=O) groups is 2. The molecular weight excluding hydrogens is 362 g/mol. The summed E-state index contributed by atoms with van der Waals surface area (Å²) < 4.78 is 30.3. The summed E-state index contributed by atoms with van der Waals surface area (Å²) in [5, 5.41) is -0.134. The Morgan fingerprint density at radius 1 is 1.19 bits per heavy atom. The lowest BCUT2D eigenvalue weighted by molar-refractivity contribution is -0.139. The normalized spacial score (nSPS) is 11.9. The number of carbonyl (C=O) groups excluding carboxylic acids is 2. The number of benzene rings is 1. The number of hydrogen-bond donors (Lipinski definition) is 0. The number of esters is 1. The molecule has 0 spiro atoms. The molecule has 0 aliphatic rings. The topological polar surface area (TPSA) is 59.5 Å². The van der Waals surface area contributed by atoms with Crippen LogP contribution in [0.3, 0.4) is 0 Å². The number of ether oxygens (including phenoxy) is 1. The average Bonchev–Trinajstić information content (AvgIpc) is 2.61. The maximum Gasteiger partial charge on any atom is 0.341 e. The van der Waals surface area contributed by atoms with Gasteiger partial charge in [0.15, 0.2) is 6.10 Å². The fourth-order valence-corrected chi connectivity index (χ4v) is 2.81. The lowest BCUT2D eigenvalue weighted by Crippen LogP contribution is -2.37. The molecular formula is C18H18F2N2O3S. The molecule has 0 saturated carbocycles. The number of rotatable bonds is 7. The highest BCUT2D eigenvalue weighted by molar-refractivity contribution is 7.99. The number of pyridine rings is 1. The Hall–Kier alpha value is -2.48. The highest BCUT2D eigenvalue weighted by Gasteiger charge is 2.24. The molecule has 138 valence electrons. The van der Waals surface area contributed by atoms with Crippen molar-refractivity contribution in [3.63, 3.8) is 0 Å². The third-order valence-corrected chi connectivity index (χ3v) is 4.19. The van der Waals surface area contributed by atoms with Gasteiger partial charge in [-0.3, -0.25) is 4.79 Å². The van der Waals surface area contributed by atoms with Gasteiger partial charge in [0.25, 0.3) is 11.7 Å². The largest absolute Gasteiger partial charge is 0.449 e. The smallest absolute Gasteiger partial charge is 0.341 e. The number of likely N-dealkylation sites (N-methyl/N-ethyl adjacent to an activating group) is 1. The van der Waals surface area contributed by atoms with Crippen molar-refractivity contribution in [3.05, 3.63) is 59.8 Å². The molecule has 8 heteroatoms. The number of thioether (sulfide) groups is 1. The monoisotopic (exact) mass is 380 g/mol. The average molecular weight is 380 g/mol. The maximum atomic E-state index is 12.6. The summed E-state index contributed by atoms with van der Waals surface area (Å²) in [5.41, 5.74) is 0.841. The fraction of sp³-hybridized carbons (Fsp3) is 0.278. The van der Waals surface area contributed by atoms with Gasteiger partial charge >= 0.3 is 5.97 Å². The van der Waals surface area contributed by atoms with Crippen LogP contribution in [0.25, 0.3) is 0 Å². The van der Waals surface area contributed by atoms with E-state index in [1.807, 2.05) is 30.3 Å². The molecule has 26 heavy (non-hydrogen) atoms. The highest BCUT2D eigenvalue weighted by Crippen LogP contribution is 2.27. The zero-order valence-corrected chi connectivity index (χ0v) is 15.1. The first kappa shape index (κ1) is 19.8. The Balaban J connectivity index is 2.01. The summed E-state index contributed by atoms with van der Waals surface area (Å²) in [6, 6.07) is 12.1. The predicted octanol–water partition coefficient (Wildman–Crippen LogP) is 3.60. The van der Waals surface area contributed by atoms with Crippen LogP contribution in [0, 0.1) is 0 Å². The van der Waals surface area contributed by atoms with E-state index in [1.165, 1.54) is 30.2 Å². The lowest BCUT2D eigenvalue weighted by Gasteiger charge is -2.21. The van der Waals surface area contributed by atoms with Crippen molar-refractivity contribution in [2.75, 3.05) is 7.05 Å². The molecule has 0 aliphatic carbocycles. The third kappa shape index (κ3) is 5.52. The second kappa shape index (κ2) is 9.28. The zero-order chi connectivity index (χ0) is 19.1. The van der Waals surface area contributed by atoms with E-state index in [4.69, 9.17) is 4.74 Å². The molecule has 0 N–H and O–H groups in total. The molecule has 2 rings (SSSR count). The van der Waals surface area contributed by atoms with Gasteiger partial charge in [-0.1, -0.05) is 30.3 Å². The van der Waals surface area contributed by atoms with Crippen LogP contribution in [0.15, 0.2) is 53.7 Å². The van der Waals surface area contributed by atoms with Gasteiger partial charge < -0.3 is 9.64 Å². The van der Waals surface area contributed by atoms with Crippen molar-refractivity contribution in [2.45, 2.75) is 30.4 Å². The Labute approximate surface area is 154 Å². The van der Waals surface area contributed by atoms with Crippen molar-refractivity contribution >= 4 is 23.6 Å². The number of aromatic nitrogens is 1. The second-order valence-corrected chi connectivity index (χ2v) is 6.44. The van der Waals surface area contributed by atoms with Crippen LogP contribution in [0.5, 0.6) is 0 Å². The summed E-state index contributed by atoms with van der Waals surface area (Å²) >= 11 is 0.156. The summed E-state index contributed by atoms with van der Waals surface area (Å²) in [6.45, 7) is 1.80. The van der Waals surface area contributed by atoms with Crippen LogP contribution in [-0.4, -0.2) is 40.7 Å². The van der Waals surface area contributed by atoms with Gasteiger partial charge in [-0.05, 0) is 36.4 Å². The number of halogens is 2. The number of amides is 1. The minimum atomic E-state index is -2.72. The molecule has 5 nitrogen and oxygen atoms in total. The van der Waals surface area contributed by atoms with Crippen molar-refractivity contribution in [1.82, 2.24) is 9.88 Å². The molecule has 1 aromatic carbocycles. The van der Waals surface area contributed by atoms with Gasteiger partial charge in [0.2, 0.25) is 0 Å². The lowest BCUT2D eigenvalue weighted by atomic mass is 10.2. The first-order chi connectivity index (χ1) is 12.4. The molecule has 1 aromatic heterocycles. The SMILES string of the molecule is CC(OC(=O)c1cccnc1SC(F)F)C(=O)N(C)Cc1ccccc1. The second-order valence-electron chi connectivity index (χ2n) is 5.46. The van der Waals surface area contributed by atoms with Crippen molar-refractivity contribution in [3.8, 4) is 0 Å². The fourth-order valence-electron chi connectivity index (χ4n) is 2.24. The van der Waals surface area contributed by atoms with E-state index >= 15 is 0 Å². The minimum absolute atomic E-state index is 0.0943. The van der Waals surface area contributed by atoms with E-state index in [0.717, 1.165) is 5.56 Å². The van der Waals surface area contributed by atoms with Gasteiger partial charge in [-0.25, -0.2) is 9.78 Å². The quantitative estimate of drug-likeness (QED) is 0.543. The third-order valence-electron chi connectivity index (χ3n) is 3.46. The van der Waals surface area contributed by atoms with Gasteiger partial charge in [0.1, 0.15) is 5.03 Å². The standard InChI is InChI=1S/C18H18F2N2O3S/c1-12(16(23)22(2)11-13-7-4-3-5-8-13)25-17(24)14-9-6-10-21-15(14)26-18(19)20/h3-10,12,18H,11H2,1-2H3. The summed E-state index contributed by atoms with van der Waals surface area (Å²) in [5.74, 6) is -3.98. The molecule has 1 amide bonds. The Bertz CT molecular complexity index is 759. The van der Waals surface area contributed by atoms with E-state index in [0.29, 0.717) is 6.54 Å². The van der Waals surface area contributed by atoms with E-state index in [9.17, 15) is 18.4 Å². The molecule has 0 aliphatic heterocycles. The predicted molar refractivity (Wildman–Crippen MR) is 93.9 cm³/mol. The van der Waals surface area contributed by atoms with E-state index in [1.54, 1.807) is 7.05 Å². The zero-order valence-electron chi connectivity index (χ0n) is 14.3. The highest BCUT2D eigenvalue weighted by atomic mass is 32.2. The molecule has 1 unspecified atom stereocenters. The molecule has 2 aromatic rings. The summed E-state index contributed by atoms with van der Waals surface area (Å²) in [6.07, 6.45) is 0.254. The van der Waals surface area contributed by atoms with Gasteiger partial charge in [-0.15, -0.1) is 0 Å². The first-order valence-corrected chi connectivity index (χ1v) is 8.66. The van der Waals surface area contributed by atoms with Crippen molar-refractivity contribution in [2.24, 2.45) is 0 Å². The number of alkyl halides is 2. The van der Waals surface area contributed by atoms with Crippen LogP contribution in [0.1, 0.15) is 22.8 Å². The molecule has 0 bridgehead atoms. The van der Waals surface area contributed by atoms with E-state index in [-0.39, 0.29) is 22.4 Å². The Morgan fingerprint density at radius 2 is 1.88 bits per heavy atom. The van der Waals surface area contributed by atoms with E-state index in [2.05, 4.69) is 4.98 Å². The van der Waals surface area contributed by atoms with Crippen molar-refractivity contribution < 1.29 is 23.1 Å². The summed E-state index contributed by atoms with van der Waals surface area (Å²) in [4.78, 5) is 29.8. The molecule has 0 saturated heterocycles. The first-order valence-electron chi connectivity index (χ1n) is 7.78. The van der Waals surface area contributed by atoms with Crippen LogP contribution < -0.4 is 0 Å². The Morgan fingerprint density at radius 3 is 2.54 bits per heavy atom. The molecule has 1 atom stereocenters. The van der Waals surface area contributed by atoms with Crippen LogP contribution in [0.4, 0.5) is 8.78 Å². The van der Waals surface area contributed by atoms with Gasteiger partial charge in [-0.2, -0.15) is 8.78 Å². The van der Waals surface area contributed by atoms with Gasteiger partial charge in [0.05, 0.1) is 5.56 Å². The minimum Gasteiger partial charge on any atom is -0.449 e. The van der Waals surface area contributed by atoms with Crippen LogP contribution in [0.2, 0.25) is 0 Å². The van der Waals surface area contributed by atoms with Crippen LogP contribution >= 0.6 is 11.8 Å². The molecule has 1 heterocycles. The van der Waals surface area contributed by atoms with Crippen molar-refractivity contribution in [1.29, 1.82) is 0 Å². The Kier molecular flexibility index (Phi) is 7.08. The summed E-state index contributed by atoms with van der Waals surface area (Å²) in [7, 11) is 1.60. The molecule has 0 fully saturated rings. The van der Waals surface area contributed by atoms with Gasteiger partial charge in [0, 0.05) is 19.8 Å². The maximum absolute atomic E-state index is 12.6.